The second kappa shape index (κ2) is 9.39. The van der Waals surface area contributed by atoms with Gasteiger partial charge in [-0.1, -0.05) is 6.08 Å². The van der Waals surface area contributed by atoms with E-state index >= 15 is 0 Å². The molecule has 0 aliphatic heterocycles. The van der Waals surface area contributed by atoms with Crippen molar-refractivity contribution < 1.29 is 23.9 Å². The summed E-state index contributed by atoms with van der Waals surface area (Å²) in [6.07, 6.45) is 3.80. The normalized spacial score (nSPS) is 10.9. The molecule has 0 bridgehead atoms. The van der Waals surface area contributed by atoms with E-state index in [1.54, 1.807) is 13.0 Å². The SMILES string of the molecule is COC(=O)CCC(=O)CCC/C=C(\C)C(=O)OC. The van der Waals surface area contributed by atoms with Crippen molar-refractivity contribution in [1.82, 2.24) is 0 Å². The molecule has 0 atom stereocenters. The zero-order valence-corrected chi connectivity index (χ0v) is 11.2. The summed E-state index contributed by atoms with van der Waals surface area (Å²) in [6.45, 7) is 1.67. The van der Waals surface area contributed by atoms with Crippen molar-refractivity contribution in [2.45, 2.75) is 39.0 Å². The molecule has 0 radical (unpaired) electrons. The summed E-state index contributed by atoms with van der Waals surface area (Å²) in [6, 6.07) is 0. The van der Waals surface area contributed by atoms with Gasteiger partial charge in [0.2, 0.25) is 0 Å². The fourth-order valence-corrected chi connectivity index (χ4v) is 1.33. The maximum Gasteiger partial charge on any atom is 0.333 e. The van der Waals surface area contributed by atoms with Crippen molar-refractivity contribution in [2.75, 3.05) is 14.2 Å². The summed E-state index contributed by atoms with van der Waals surface area (Å²) >= 11 is 0. The van der Waals surface area contributed by atoms with E-state index in [2.05, 4.69) is 9.47 Å². The van der Waals surface area contributed by atoms with E-state index < -0.39 is 0 Å². The molecular weight excluding hydrogens is 236 g/mol. The molecule has 0 spiro atoms. The Morgan fingerprint density at radius 3 is 2.22 bits per heavy atom. The van der Waals surface area contributed by atoms with Crippen LogP contribution >= 0.6 is 0 Å². The summed E-state index contributed by atoms with van der Waals surface area (Å²) in [5.74, 6) is -0.693. The van der Waals surface area contributed by atoms with Crippen molar-refractivity contribution in [3.05, 3.63) is 11.6 Å². The number of esters is 2. The van der Waals surface area contributed by atoms with E-state index in [4.69, 9.17) is 0 Å². The Morgan fingerprint density at radius 2 is 1.67 bits per heavy atom. The maximum atomic E-state index is 11.4. The van der Waals surface area contributed by atoms with E-state index in [1.165, 1.54) is 14.2 Å². The first-order chi connectivity index (χ1) is 8.51. The van der Waals surface area contributed by atoms with E-state index in [-0.39, 0.29) is 30.6 Å². The highest BCUT2D eigenvalue weighted by Crippen LogP contribution is 2.06. The van der Waals surface area contributed by atoms with Crippen LogP contribution in [0.2, 0.25) is 0 Å². The summed E-state index contributed by atoms with van der Waals surface area (Å²) in [7, 11) is 2.63. The molecule has 0 aromatic rings. The molecule has 0 unspecified atom stereocenters. The molecule has 5 nitrogen and oxygen atoms in total. The van der Waals surface area contributed by atoms with Crippen LogP contribution < -0.4 is 0 Å². The Balaban J connectivity index is 3.75. The van der Waals surface area contributed by atoms with Crippen LogP contribution in [0.15, 0.2) is 11.6 Å². The van der Waals surface area contributed by atoms with Crippen molar-refractivity contribution >= 4 is 17.7 Å². The number of unbranched alkanes of at least 4 members (excludes halogenated alkanes) is 1. The summed E-state index contributed by atoms with van der Waals surface area (Å²) in [5.41, 5.74) is 0.541. The quantitative estimate of drug-likeness (QED) is 0.376. The summed E-state index contributed by atoms with van der Waals surface area (Å²) in [5, 5.41) is 0. The van der Waals surface area contributed by atoms with Gasteiger partial charge in [-0.2, -0.15) is 0 Å². The lowest BCUT2D eigenvalue weighted by Gasteiger charge is -2.00. The lowest BCUT2D eigenvalue weighted by molar-refractivity contribution is -0.142. The third kappa shape index (κ3) is 7.60. The fourth-order valence-electron chi connectivity index (χ4n) is 1.33. The number of hydrogen-bond acceptors (Lipinski definition) is 5. The van der Waals surface area contributed by atoms with E-state index in [9.17, 15) is 14.4 Å². The van der Waals surface area contributed by atoms with Gasteiger partial charge >= 0.3 is 11.9 Å². The number of methoxy groups -OCH3 is 2. The van der Waals surface area contributed by atoms with Crippen molar-refractivity contribution in [1.29, 1.82) is 0 Å². The van der Waals surface area contributed by atoms with Gasteiger partial charge in [0.05, 0.1) is 20.6 Å². The summed E-state index contributed by atoms with van der Waals surface area (Å²) in [4.78, 5) is 33.2. The lowest BCUT2D eigenvalue weighted by atomic mass is 10.1. The van der Waals surface area contributed by atoms with E-state index in [0.29, 0.717) is 24.8 Å². The smallest absolute Gasteiger partial charge is 0.333 e. The number of Topliss-reactive ketones (excluding diaryl/α,β-unsaturated/α-hetero) is 1. The molecule has 5 heteroatoms. The highest BCUT2D eigenvalue weighted by molar-refractivity contribution is 5.87. The number of ether oxygens (including phenoxy) is 2. The molecule has 0 fully saturated rings. The minimum atomic E-state index is -0.371. The molecule has 0 N–H and O–H groups in total. The monoisotopic (exact) mass is 256 g/mol. The van der Waals surface area contributed by atoms with Gasteiger partial charge in [0, 0.05) is 18.4 Å². The van der Waals surface area contributed by atoms with Gasteiger partial charge in [0.15, 0.2) is 0 Å². The second-order valence-electron chi connectivity index (χ2n) is 3.89. The van der Waals surface area contributed by atoms with Crippen LogP contribution in [0, 0.1) is 0 Å². The topological polar surface area (TPSA) is 69.7 Å². The molecule has 0 aromatic carbocycles. The van der Waals surface area contributed by atoms with Crippen molar-refractivity contribution in [3.63, 3.8) is 0 Å². The molecule has 0 heterocycles. The van der Waals surface area contributed by atoms with Crippen LogP contribution in [0.1, 0.15) is 39.0 Å². The molecule has 0 aromatic heterocycles. The second-order valence-corrected chi connectivity index (χ2v) is 3.89. The van der Waals surface area contributed by atoms with Crippen LogP contribution in [0.3, 0.4) is 0 Å². The number of ketones is 1. The average Bonchev–Trinajstić information content (AvgIpc) is 2.39. The van der Waals surface area contributed by atoms with E-state index in [0.717, 1.165) is 0 Å². The van der Waals surface area contributed by atoms with Gasteiger partial charge in [-0.3, -0.25) is 9.59 Å². The molecule has 0 saturated carbocycles. The molecular formula is C13H20O5. The van der Waals surface area contributed by atoms with Gasteiger partial charge in [-0.05, 0) is 19.8 Å². The Labute approximate surface area is 107 Å². The standard InChI is InChI=1S/C13H20O5/c1-10(13(16)18-3)6-4-5-7-11(14)8-9-12(15)17-2/h6H,4-5,7-9H2,1-3H3/b10-6+. The van der Waals surface area contributed by atoms with Crippen LogP contribution in [-0.4, -0.2) is 31.9 Å². The Morgan fingerprint density at radius 1 is 1.00 bits per heavy atom. The minimum absolute atomic E-state index is 0.0320. The third-order valence-electron chi connectivity index (χ3n) is 2.45. The Kier molecular flexibility index (Phi) is 8.53. The number of carbonyl (C=O) groups excluding carboxylic acids is 3. The molecule has 0 rings (SSSR count). The zero-order chi connectivity index (χ0) is 14.0. The largest absolute Gasteiger partial charge is 0.469 e. The minimum Gasteiger partial charge on any atom is -0.469 e. The highest BCUT2D eigenvalue weighted by Gasteiger charge is 2.07. The fraction of sp³-hybridized carbons (Fsp3) is 0.615. The van der Waals surface area contributed by atoms with Gasteiger partial charge in [0.1, 0.15) is 5.78 Å². The van der Waals surface area contributed by atoms with Gasteiger partial charge in [0.25, 0.3) is 0 Å². The number of hydrogen-bond donors (Lipinski definition) is 0. The lowest BCUT2D eigenvalue weighted by Crippen LogP contribution is -2.05. The highest BCUT2D eigenvalue weighted by atomic mass is 16.5. The number of rotatable bonds is 8. The molecule has 0 amide bonds. The van der Waals surface area contributed by atoms with Crippen molar-refractivity contribution in [3.8, 4) is 0 Å². The van der Waals surface area contributed by atoms with Crippen LogP contribution in [0.25, 0.3) is 0 Å². The molecule has 18 heavy (non-hydrogen) atoms. The maximum absolute atomic E-state index is 11.4. The molecule has 0 saturated heterocycles. The van der Waals surface area contributed by atoms with Crippen molar-refractivity contribution in [2.24, 2.45) is 0 Å². The average molecular weight is 256 g/mol. The zero-order valence-electron chi connectivity index (χ0n) is 11.2. The molecule has 0 aliphatic rings. The van der Waals surface area contributed by atoms with Crippen LogP contribution in [0.5, 0.6) is 0 Å². The third-order valence-corrected chi connectivity index (χ3v) is 2.45. The first-order valence-corrected chi connectivity index (χ1v) is 5.84. The number of carbonyl (C=O) groups is 3. The van der Waals surface area contributed by atoms with Gasteiger partial charge < -0.3 is 9.47 Å². The van der Waals surface area contributed by atoms with Crippen LogP contribution in [-0.2, 0) is 23.9 Å². The first-order valence-electron chi connectivity index (χ1n) is 5.84. The predicted molar refractivity (Wildman–Crippen MR) is 65.9 cm³/mol. The predicted octanol–water partition coefficient (Wildman–Crippen LogP) is 1.80. The van der Waals surface area contributed by atoms with Crippen LogP contribution in [0.4, 0.5) is 0 Å². The van der Waals surface area contributed by atoms with E-state index in [1.807, 2.05) is 0 Å². The Bertz CT molecular complexity index is 330. The molecule has 0 aliphatic carbocycles. The number of allylic oxidation sites excluding steroid dienone is 1. The van der Waals surface area contributed by atoms with Gasteiger partial charge in [-0.15, -0.1) is 0 Å². The molecule has 102 valence electrons. The van der Waals surface area contributed by atoms with Gasteiger partial charge in [-0.25, -0.2) is 4.79 Å². The first kappa shape index (κ1) is 16.4. The summed E-state index contributed by atoms with van der Waals surface area (Å²) < 4.78 is 8.99. The Hall–Kier alpha value is -1.65.